The molecule has 1 fully saturated rings. The monoisotopic (exact) mass is 302 g/mol. The summed E-state index contributed by atoms with van der Waals surface area (Å²) in [5.74, 6) is 1.79. The molecular weight excluding hydrogens is 280 g/mol. The molecule has 1 aromatic carbocycles. The number of para-hydroxylation sites is 1. The summed E-state index contributed by atoms with van der Waals surface area (Å²) in [5, 5.41) is 13.4. The largest absolute Gasteiger partial charge is 0.504 e. The maximum Gasteiger partial charge on any atom is 0.164 e. The van der Waals surface area contributed by atoms with Crippen LogP contribution in [-0.2, 0) is 13.6 Å². The highest BCUT2D eigenvalue weighted by Crippen LogP contribution is 2.32. The number of rotatable bonds is 4. The molecule has 2 heterocycles. The number of ether oxygens (including phenoxy) is 1. The van der Waals surface area contributed by atoms with Crippen molar-refractivity contribution in [2.24, 2.45) is 7.05 Å². The second kappa shape index (κ2) is 6.37. The lowest BCUT2D eigenvalue weighted by Crippen LogP contribution is -2.46. The third-order valence-electron chi connectivity index (χ3n) is 4.16. The molecule has 2 N–H and O–H groups in total. The van der Waals surface area contributed by atoms with Gasteiger partial charge in [0.2, 0.25) is 0 Å². The van der Waals surface area contributed by atoms with Gasteiger partial charge in [-0.25, -0.2) is 4.98 Å². The van der Waals surface area contributed by atoms with E-state index in [1.54, 1.807) is 13.2 Å². The molecule has 1 aromatic heterocycles. The van der Waals surface area contributed by atoms with E-state index >= 15 is 0 Å². The Balaban J connectivity index is 1.86. The number of nitrogens with zero attached hydrogens (tertiary/aromatic N) is 3. The van der Waals surface area contributed by atoms with Gasteiger partial charge in [0.15, 0.2) is 11.5 Å². The number of aryl methyl sites for hydroxylation is 1. The van der Waals surface area contributed by atoms with Gasteiger partial charge in [-0.1, -0.05) is 12.1 Å². The maximum atomic E-state index is 9.94. The highest BCUT2D eigenvalue weighted by atomic mass is 16.5. The zero-order chi connectivity index (χ0) is 15.5. The molecule has 0 spiro atoms. The van der Waals surface area contributed by atoms with Crippen molar-refractivity contribution in [3.05, 3.63) is 42.0 Å². The minimum Gasteiger partial charge on any atom is -0.504 e. The number of methoxy groups -OCH3 is 1. The molecule has 1 atom stereocenters. The van der Waals surface area contributed by atoms with Crippen molar-refractivity contribution in [3.63, 3.8) is 0 Å². The first-order valence-corrected chi connectivity index (χ1v) is 7.47. The molecule has 1 aliphatic rings. The number of phenols is 1. The summed E-state index contributed by atoms with van der Waals surface area (Å²) >= 11 is 0. The Morgan fingerprint density at radius 1 is 1.45 bits per heavy atom. The van der Waals surface area contributed by atoms with Crippen LogP contribution in [0.15, 0.2) is 30.6 Å². The fraction of sp³-hybridized carbons (Fsp3) is 0.438. The van der Waals surface area contributed by atoms with E-state index in [1.807, 2.05) is 31.6 Å². The third-order valence-corrected chi connectivity index (χ3v) is 4.16. The van der Waals surface area contributed by atoms with Crippen molar-refractivity contribution in [1.82, 2.24) is 19.8 Å². The lowest BCUT2D eigenvalue weighted by atomic mass is 10.1. The van der Waals surface area contributed by atoms with E-state index in [2.05, 4.69) is 19.8 Å². The SMILES string of the molecule is COc1c(O)cccc1CN1CCNCC1c1nccn1C. The second-order valence-corrected chi connectivity index (χ2v) is 5.56. The standard InChI is InChI=1S/C16H22N4O2/c1-19-8-7-18-16(19)13-10-17-6-9-20(13)11-12-4-3-5-14(21)15(12)22-2/h3-5,7-8,13,17,21H,6,9-11H2,1-2H3. The molecule has 6 nitrogen and oxygen atoms in total. The van der Waals surface area contributed by atoms with Crippen LogP contribution in [0.3, 0.4) is 0 Å². The first kappa shape index (κ1) is 14.9. The summed E-state index contributed by atoms with van der Waals surface area (Å²) in [4.78, 5) is 6.86. The Bertz CT molecular complexity index is 641. The van der Waals surface area contributed by atoms with E-state index in [0.29, 0.717) is 5.75 Å². The van der Waals surface area contributed by atoms with Gasteiger partial charge in [-0.05, 0) is 6.07 Å². The predicted octanol–water partition coefficient (Wildman–Crippen LogP) is 1.28. The van der Waals surface area contributed by atoms with Crippen molar-refractivity contribution in [2.75, 3.05) is 26.7 Å². The van der Waals surface area contributed by atoms with Gasteiger partial charge >= 0.3 is 0 Å². The Labute approximate surface area is 130 Å². The second-order valence-electron chi connectivity index (χ2n) is 5.56. The minimum absolute atomic E-state index is 0.184. The quantitative estimate of drug-likeness (QED) is 0.891. The van der Waals surface area contributed by atoms with Crippen LogP contribution in [-0.4, -0.2) is 46.3 Å². The Morgan fingerprint density at radius 3 is 3.05 bits per heavy atom. The topological polar surface area (TPSA) is 62.6 Å². The number of aromatic nitrogens is 2. The van der Waals surface area contributed by atoms with E-state index in [1.165, 1.54) is 0 Å². The van der Waals surface area contributed by atoms with Gasteiger partial charge in [0.25, 0.3) is 0 Å². The summed E-state index contributed by atoms with van der Waals surface area (Å²) < 4.78 is 7.41. The molecule has 1 aliphatic heterocycles. The lowest BCUT2D eigenvalue weighted by molar-refractivity contribution is 0.143. The highest BCUT2D eigenvalue weighted by Gasteiger charge is 2.27. The van der Waals surface area contributed by atoms with Crippen molar-refractivity contribution >= 4 is 0 Å². The van der Waals surface area contributed by atoms with Crippen molar-refractivity contribution in [2.45, 2.75) is 12.6 Å². The summed E-state index contributed by atoms with van der Waals surface area (Å²) in [6, 6.07) is 5.71. The van der Waals surface area contributed by atoms with Crippen LogP contribution in [0.5, 0.6) is 11.5 Å². The first-order valence-electron chi connectivity index (χ1n) is 7.47. The molecule has 3 rings (SSSR count). The average Bonchev–Trinajstić information content (AvgIpc) is 2.94. The van der Waals surface area contributed by atoms with E-state index in [0.717, 1.165) is 37.6 Å². The summed E-state index contributed by atoms with van der Waals surface area (Å²) in [5.41, 5.74) is 0.989. The van der Waals surface area contributed by atoms with Crippen LogP contribution in [0.1, 0.15) is 17.4 Å². The Morgan fingerprint density at radius 2 is 2.32 bits per heavy atom. The maximum absolute atomic E-state index is 9.94. The number of piperazine rings is 1. The fourth-order valence-electron chi connectivity index (χ4n) is 3.04. The molecule has 1 unspecified atom stereocenters. The van der Waals surface area contributed by atoms with Gasteiger partial charge < -0.3 is 19.7 Å². The summed E-state index contributed by atoms with van der Waals surface area (Å²) in [7, 11) is 3.61. The highest BCUT2D eigenvalue weighted by molar-refractivity contribution is 5.45. The molecule has 0 saturated carbocycles. The predicted molar refractivity (Wildman–Crippen MR) is 83.9 cm³/mol. The molecule has 118 valence electrons. The number of hydrogen-bond donors (Lipinski definition) is 2. The van der Waals surface area contributed by atoms with Crippen LogP contribution >= 0.6 is 0 Å². The van der Waals surface area contributed by atoms with Crippen LogP contribution in [0, 0.1) is 0 Å². The van der Waals surface area contributed by atoms with Crippen molar-refractivity contribution in [1.29, 1.82) is 0 Å². The number of imidazole rings is 1. The minimum atomic E-state index is 0.184. The molecule has 22 heavy (non-hydrogen) atoms. The molecule has 6 heteroatoms. The number of nitrogens with one attached hydrogen (secondary N) is 1. The summed E-state index contributed by atoms with van der Waals surface area (Å²) in [6.45, 7) is 3.46. The molecule has 2 aromatic rings. The van der Waals surface area contributed by atoms with Gasteiger partial charge in [-0.2, -0.15) is 0 Å². The van der Waals surface area contributed by atoms with Gasteiger partial charge in [0.1, 0.15) is 5.82 Å². The van der Waals surface area contributed by atoms with E-state index in [-0.39, 0.29) is 11.8 Å². The number of aromatic hydroxyl groups is 1. The van der Waals surface area contributed by atoms with Crippen LogP contribution in [0.25, 0.3) is 0 Å². The number of benzene rings is 1. The molecule has 0 amide bonds. The average molecular weight is 302 g/mol. The molecular formula is C16H22N4O2. The van der Waals surface area contributed by atoms with E-state index in [4.69, 9.17) is 4.74 Å². The number of hydrogen-bond acceptors (Lipinski definition) is 5. The Hall–Kier alpha value is -2.05. The lowest BCUT2D eigenvalue weighted by Gasteiger charge is -2.36. The normalized spacial score (nSPS) is 19.3. The van der Waals surface area contributed by atoms with Gasteiger partial charge in [0, 0.05) is 51.2 Å². The van der Waals surface area contributed by atoms with Crippen molar-refractivity contribution < 1.29 is 9.84 Å². The van der Waals surface area contributed by atoms with Gasteiger partial charge in [0.05, 0.1) is 13.2 Å². The van der Waals surface area contributed by atoms with Crippen LogP contribution in [0.2, 0.25) is 0 Å². The molecule has 0 aliphatic carbocycles. The molecule has 0 bridgehead atoms. The van der Waals surface area contributed by atoms with Gasteiger partial charge in [-0.15, -0.1) is 0 Å². The number of phenolic OH excluding ortho intramolecular Hbond substituents is 1. The zero-order valence-electron chi connectivity index (χ0n) is 13.0. The Kier molecular flexibility index (Phi) is 4.31. The third kappa shape index (κ3) is 2.80. The first-order chi connectivity index (χ1) is 10.7. The van der Waals surface area contributed by atoms with Crippen LogP contribution in [0.4, 0.5) is 0 Å². The van der Waals surface area contributed by atoms with Crippen molar-refractivity contribution in [3.8, 4) is 11.5 Å². The molecule has 0 radical (unpaired) electrons. The van der Waals surface area contributed by atoms with E-state index in [9.17, 15) is 5.11 Å². The smallest absolute Gasteiger partial charge is 0.164 e. The van der Waals surface area contributed by atoms with E-state index < -0.39 is 0 Å². The van der Waals surface area contributed by atoms with Crippen LogP contribution < -0.4 is 10.1 Å². The fourth-order valence-corrected chi connectivity index (χ4v) is 3.04. The zero-order valence-corrected chi connectivity index (χ0v) is 13.0. The molecule has 1 saturated heterocycles. The van der Waals surface area contributed by atoms with Gasteiger partial charge in [-0.3, -0.25) is 4.90 Å². The summed E-state index contributed by atoms with van der Waals surface area (Å²) in [6.07, 6.45) is 3.80.